The van der Waals surface area contributed by atoms with Crippen LogP contribution in [0.1, 0.15) is 43.0 Å². The van der Waals surface area contributed by atoms with Gasteiger partial charge in [0.2, 0.25) is 0 Å². The Kier molecular flexibility index (Phi) is 4.26. The topological polar surface area (TPSA) is 79.1 Å². The molecule has 1 aliphatic heterocycles. The first kappa shape index (κ1) is 14.5. The van der Waals surface area contributed by atoms with Gasteiger partial charge in [0.1, 0.15) is 17.5 Å². The van der Waals surface area contributed by atoms with E-state index < -0.39 is 0 Å². The SMILES string of the molecule is Cc1c(NN)nc(C2CC2)nc1NCC1CCCN(C)C1. The first-order chi connectivity index (χ1) is 10.2. The second-order valence-electron chi connectivity index (χ2n) is 6.47. The summed E-state index contributed by atoms with van der Waals surface area (Å²) in [5, 5.41) is 3.53. The Labute approximate surface area is 126 Å². The molecular formula is C15H26N6. The number of nitrogens with zero attached hydrogens (tertiary/aromatic N) is 3. The summed E-state index contributed by atoms with van der Waals surface area (Å²) in [6.07, 6.45) is 4.97. The van der Waals surface area contributed by atoms with Crippen LogP contribution in [0.15, 0.2) is 0 Å². The lowest BCUT2D eigenvalue weighted by Gasteiger charge is -2.30. The second kappa shape index (κ2) is 6.15. The number of rotatable bonds is 5. The number of hydrazine groups is 1. The van der Waals surface area contributed by atoms with Crippen LogP contribution in [-0.4, -0.2) is 41.5 Å². The summed E-state index contributed by atoms with van der Waals surface area (Å²) in [6, 6.07) is 0. The van der Waals surface area contributed by atoms with Gasteiger partial charge >= 0.3 is 0 Å². The molecule has 116 valence electrons. The first-order valence-electron chi connectivity index (χ1n) is 7.95. The van der Waals surface area contributed by atoms with Crippen LogP contribution in [0.2, 0.25) is 0 Å². The number of hydrogen-bond donors (Lipinski definition) is 3. The van der Waals surface area contributed by atoms with E-state index in [9.17, 15) is 0 Å². The summed E-state index contributed by atoms with van der Waals surface area (Å²) in [5.74, 6) is 9.42. The summed E-state index contributed by atoms with van der Waals surface area (Å²) < 4.78 is 0. The summed E-state index contributed by atoms with van der Waals surface area (Å²) in [5.41, 5.74) is 3.71. The van der Waals surface area contributed by atoms with Gasteiger partial charge in [-0.3, -0.25) is 0 Å². The van der Waals surface area contributed by atoms with Crippen LogP contribution < -0.4 is 16.6 Å². The molecule has 21 heavy (non-hydrogen) atoms. The Morgan fingerprint density at radius 1 is 1.24 bits per heavy atom. The van der Waals surface area contributed by atoms with Crippen molar-refractivity contribution in [3.8, 4) is 0 Å². The number of hydrogen-bond acceptors (Lipinski definition) is 6. The Morgan fingerprint density at radius 2 is 2.00 bits per heavy atom. The molecule has 1 saturated carbocycles. The maximum Gasteiger partial charge on any atom is 0.148 e. The number of nitrogens with one attached hydrogen (secondary N) is 2. The molecule has 0 amide bonds. The fraction of sp³-hybridized carbons (Fsp3) is 0.733. The third-order valence-electron chi connectivity index (χ3n) is 4.52. The molecule has 0 bridgehead atoms. The van der Waals surface area contributed by atoms with Gasteiger partial charge in [-0.25, -0.2) is 15.8 Å². The van der Waals surface area contributed by atoms with Gasteiger partial charge in [-0.15, -0.1) is 0 Å². The number of aromatic nitrogens is 2. The van der Waals surface area contributed by atoms with Crippen LogP contribution in [-0.2, 0) is 0 Å². The predicted molar refractivity (Wildman–Crippen MR) is 85.3 cm³/mol. The highest BCUT2D eigenvalue weighted by atomic mass is 15.3. The molecule has 1 unspecified atom stereocenters. The van der Waals surface area contributed by atoms with Crippen LogP contribution in [0.5, 0.6) is 0 Å². The zero-order valence-electron chi connectivity index (χ0n) is 13.0. The van der Waals surface area contributed by atoms with Gasteiger partial charge in [0, 0.05) is 24.6 Å². The molecule has 3 rings (SSSR count). The molecule has 2 fully saturated rings. The fourth-order valence-corrected chi connectivity index (χ4v) is 3.05. The molecule has 6 nitrogen and oxygen atoms in total. The molecule has 2 heterocycles. The van der Waals surface area contributed by atoms with E-state index in [0.29, 0.717) is 11.8 Å². The second-order valence-corrected chi connectivity index (χ2v) is 6.47. The number of nitrogen functional groups attached to an aromatic ring is 1. The average molecular weight is 290 g/mol. The van der Waals surface area contributed by atoms with Crippen molar-refractivity contribution in [1.82, 2.24) is 14.9 Å². The van der Waals surface area contributed by atoms with Gasteiger partial charge in [-0.2, -0.15) is 0 Å². The lowest BCUT2D eigenvalue weighted by Crippen LogP contribution is -2.35. The van der Waals surface area contributed by atoms with E-state index in [1.54, 1.807) is 0 Å². The summed E-state index contributed by atoms with van der Waals surface area (Å²) >= 11 is 0. The zero-order valence-corrected chi connectivity index (χ0v) is 13.0. The maximum atomic E-state index is 5.59. The molecule has 1 atom stereocenters. The monoisotopic (exact) mass is 290 g/mol. The third-order valence-corrected chi connectivity index (χ3v) is 4.52. The Morgan fingerprint density at radius 3 is 2.67 bits per heavy atom. The first-order valence-corrected chi connectivity index (χ1v) is 7.95. The van der Waals surface area contributed by atoms with Crippen LogP contribution in [0.3, 0.4) is 0 Å². The van der Waals surface area contributed by atoms with Crippen molar-refractivity contribution in [2.24, 2.45) is 11.8 Å². The zero-order chi connectivity index (χ0) is 14.8. The van der Waals surface area contributed by atoms with Gasteiger partial charge in [0.05, 0.1) is 0 Å². The Balaban J connectivity index is 1.70. The van der Waals surface area contributed by atoms with Crippen LogP contribution in [0, 0.1) is 12.8 Å². The minimum absolute atomic E-state index is 0.527. The highest BCUT2D eigenvalue weighted by Crippen LogP contribution is 2.39. The average Bonchev–Trinajstić information content (AvgIpc) is 3.31. The molecule has 0 spiro atoms. The highest BCUT2D eigenvalue weighted by Gasteiger charge is 2.28. The maximum absolute atomic E-state index is 5.59. The quantitative estimate of drug-likeness (QED) is 0.566. The molecule has 0 radical (unpaired) electrons. The third kappa shape index (κ3) is 3.44. The van der Waals surface area contributed by atoms with Crippen LogP contribution >= 0.6 is 0 Å². The molecule has 1 saturated heterocycles. The van der Waals surface area contributed by atoms with E-state index in [2.05, 4.69) is 27.7 Å². The molecule has 1 aliphatic carbocycles. The molecule has 6 heteroatoms. The molecule has 1 aromatic heterocycles. The van der Waals surface area contributed by atoms with Crippen LogP contribution in [0.4, 0.5) is 11.6 Å². The van der Waals surface area contributed by atoms with Crippen molar-refractivity contribution in [2.75, 3.05) is 37.4 Å². The highest BCUT2D eigenvalue weighted by molar-refractivity contribution is 5.57. The van der Waals surface area contributed by atoms with E-state index in [-0.39, 0.29) is 0 Å². The predicted octanol–water partition coefficient (Wildman–Crippen LogP) is 1.70. The molecule has 1 aromatic rings. The minimum Gasteiger partial charge on any atom is -0.369 e. The fourth-order valence-electron chi connectivity index (χ4n) is 3.05. The van der Waals surface area contributed by atoms with Gasteiger partial charge < -0.3 is 15.6 Å². The van der Waals surface area contributed by atoms with Gasteiger partial charge in [-0.1, -0.05) is 0 Å². The van der Waals surface area contributed by atoms with E-state index >= 15 is 0 Å². The summed E-state index contributed by atoms with van der Waals surface area (Å²) in [7, 11) is 2.20. The molecular weight excluding hydrogens is 264 g/mol. The van der Waals surface area contributed by atoms with Gasteiger partial charge in [-0.05, 0) is 52.1 Å². The van der Waals surface area contributed by atoms with Crippen molar-refractivity contribution in [3.05, 3.63) is 11.4 Å². The molecule has 0 aromatic carbocycles. The van der Waals surface area contributed by atoms with Crippen molar-refractivity contribution in [2.45, 2.75) is 38.5 Å². The molecule has 2 aliphatic rings. The lowest BCUT2D eigenvalue weighted by molar-refractivity contribution is 0.217. The standard InChI is InChI=1S/C15H26N6/c1-10-13(17-8-11-4-3-7-21(2)9-11)18-15(12-5-6-12)19-14(10)20-16/h11-12H,3-9,16H2,1-2H3,(H2,17,18,19,20). The van der Waals surface area contributed by atoms with Crippen molar-refractivity contribution in [1.29, 1.82) is 0 Å². The van der Waals surface area contributed by atoms with Gasteiger partial charge in [0.25, 0.3) is 0 Å². The number of nitrogens with two attached hydrogens (primary N) is 1. The normalized spacial score (nSPS) is 23.1. The number of anilines is 2. The number of likely N-dealkylation sites (tertiary alicyclic amines) is 1. The van der Waals surface area contributed by atoms with E-state index in [1.165, 1.54) is 32.2 Å². The van der Waals surface area contributed by atoms with Crippen molar-refractivity contribution < 1.29 is 0 Å². The van der Waals surface area contributed by atoms with E-state index in [0.717, 1.165) is 36.1 Å². The Hall–Kier alpha value is -1.40. The van der Waals surface area contributed by atoms with E-state index in [4.69, 9.17) is 10.8 Å². The largest absolute Gasteiger partial charge is 0.369 e. The minimum atomic E-state index is 0.527. The van der Waals surface area contributed by atoms with Crippen LogP contribution in [0.25, 0.3) is 0 Å². The summed E-state index contributed by atoms with van der Waals surface area (Å²) in [6.45, 7) is 5.36. The van der Waals surface area contributed by atoms with Gasteiger partial charge in [0.15, 0.2) is 0 Å². The lowest BCUT2D eigenvalue weighted by atomic mass is 9.98. The smallest absolute Gasteiger partial charge is 0.148 e. The number of piperidine rings is 1. The molecule has 4 N–H and O–H groups in total. The van der Waals surface area contributed by atoms with E-state index in [1.807, 2.05) is 6.92 Å². The Bertz CT molecular complexity index is 499. The van der Waals surface area contributed by atoms with Crippen molar-refractivity contribution >= 4 is 11.6 Å². The summed E-state index contributed by atoms with van der Waals surface area (Å²) in [4.78, 5) is 11.6. The van der Waals surface area contributed by atoms with Crippen molar-refractivity contribution in [3.63, 3.8) is 0 Å².